The van der Waals surface area contributed by atoms with Gasteiger partial charge in [0, 0.05) is 9.90 Å². The van der Waals surface area contributed by atoms with Gasteiger partial charge in [-0.05, 0) is 36.2 Å². The van der Waals surface area contributed by atoms with Gasteiger partial charge < -0.3 is 0 Å². The van der Waals surface area contributed by atoms with Crippen molar-refractivity contribution in [2.45, 2.75) is 6.92 Å². The second-order valence-electron chi connectivity index (χ2n) is 4.01. The summed E-state index contributed by atoms with van der Waals surface area (Å²) in [6.45, 7) is 2.02. The molecule has 18 heavy (non-hydrogen) atoms. The van der Waals surface area contributed by atoms with E-state index < -0.39 is 0 Å². The molecule has 0 N–H and O–H groups in total. The number of hydrogen-bond donors (Lipinski definition) is 0. The van der Waals surface area contributed by atoms with Crippen LogP contribution in [0.1, 0.15) is 5.56 Å². The van der Waals surface area contributed by atoms with Crippen LogP contribution in [0.25, 0.3) is 20.7 Å². The number of hydrogen-bond acceptors (Lipinski definition) is 3. The number of halogens is 2. The third-order valence-electron chi connectivity index (χ3n) is 2.59. The van der Waals surface area contributed by atoms with Gasteiger partial charge in [-0.15, -0.1) is 11.3 Å². The summed E-state index contributed by atoms with van der Waals surface area (Å²) in [6.07, 6.45) is 1.48. The summed E-state index contributed by atoms with van der Waals surface area (Å²) in [7, 11) is 0. The Bertz CT molecular complexity index is 717. The lowest BCUT2D eigenvalue weighted by Crippen LogP contribution is -1.77. The molecule has 0 aliphatic rings. The van der Waals surface area contributed by atoms with Crippen LogP contribution >= 0.6 is 34.5 Å². The van der Waals surface area contributed by atoms with Crippen molar-refractivity contribution in [2.24, 2.45) is 0 Å². The van der Waals surface area contributed by atoms with E-state index in [1.807, 2.05) is 25.1 Å². The zero-order valence-electron chi connectivity index (χ0n) is 9.45. The van der Waals surface area contributed by atoms with Crippen molar-refractivity contribution >= 4 is 44.8 Å². The Kier molecular flexibility index (Phi) is 2.98. The lowest BCUT2D eigenvalue weighted by atomic mass is 10.1. The first-order chi connectivity index (χ1) is 8.63. The lowest BCUT2D eigenvalue weighted by Gasteiger charge is -2.00. The number of thiophene rings is 1. The van der Waals surface area contributed by atoms with Crippen LogP contribution in [0.3, 0.4) is 0 Å². The van der Waals surface area contributed by atoms with Crippen LogP contribution in [0.5, 0.6) is 0 Å². The third-order valence-corrected chi connectivity index (χ3v) is 4.39. The molecule has 0 unspecified atom stereocenters. The highest BCUT2D eigenvalue weighted by atomic mass is 35.5. The van der Waals surface area contributed by atoms with E-state index in [0.29, 0.717) is 5.15 Å². The van der Waals surface area contributed by atoms with Crippen molar-refractivity contribution in [1.82, 2.24) is 9.97 Å². The van der Waals surface area contributed by atoms with Crippen LogP contribution in [-0.4, -0.2) is 9.97 Å². The minimum atomic E-state index is 0.495. The fourth-order valence-corrected chi connectivity index (χ4v) is 3.37. The summed E-state index contributed by atoms with van der Waals surface area (Å²) in [4.78, 5) is 9.30. The first kappa shape index (κ1) is 11.9. The van der Waals surface area contributed by atoms with E-state index in [9.17, 15) is 0 Å². The first-order valence-corrected chi connectivity index (χ1v) is 6.88. The molecule has 0 saturated carbocycles. The molecular formula is C13H8Cl2N2S. The molecule has 3 aromatic rings. The summed E-state index contributed by atoms with van der Waals surface area (Å²) < 4.78 is 0.909. The van der Waals surface area contributed by atoms with Crippen molar-refractivity contribution < 1.29 is 0 Å². The monoisotopic (exact) mass is 294 g/mol. The Balaban J connectivity index is 2.22. The maximum atomic E-state index is 6.08. The average molecular weight is 295 g/mol. The number of fused-ring (bicyclic) bond motifs is 1. The third kappa shape index (κ3) is 2.09. The molecule has 90 valence electrons. The highest BCUT2D eigenvalue weighted by Crippen LogP contribution is 2.36. The van der Waals surface area contributed by atoms with Crippen molar-refractivity contribution in [3.8, 4) is 10.4 Å². The predicted octanol–water partition coefficient (Wildman–Crippen LogP) is 4.97. The Morgan fingerprint density at radius 1 is 1.06 bits per heavy atom. The molecule has 0 saturated heterocycles. The Labute approximate surface area is 118 Å². The van der Waals surface area contributed by atoms with Crippen molar-refractivity contribution in [3.63, 3.8) is 0 Å². The van der Waals surface area contributed by atoms with Gasteiger partial charge in [-0.3, -0.25) is 0 Å². The van der Waals surface area contributed by atoms with E-state index in [1.165, 1.54) is 6.33 Å². The quantitative estimate of drug-likeness (QED) is 0.592. The molecule has 0 aliphatic carbocycles. The number of nitrogens with zero attached hydrogens (tertiary/aromatic N) is 2. The highest BCUT2D eigenvalue weighted by molar-refractivity contribution is 7.22. The van der Waals surface area contributed by atoms with Gasteiger partial charge in [0.25, 0.3) is 0 Å². The minimum absolute atomic E-state index is 0.495. The van der Waals surface area contributed by atoms with Crippen molar-refractivity contribution in [1.29, 1.82) is 0 Å². The fraction of sp³-hybridized carbons (Fsp3) is 0.0769. The molecule has 3 rings (SSSR count). The van der Waals surface area contributed by atoms with Gasteiger partial charge in [-0.2, -0.15) is 0 Å². The molecule has 2 aromatic heterocycles. The summed E-state index contributed by atoms with van der Waals surface area (Å²) in [5, 5.41) is 1.23. The molecule has 0 aliphatic heterocycles. The standard InChI is InChI=1S/C13H8Cl2N2S/c1-7-2-8(4-9(14)3-7)11-5-10-12(18-11)13(15)17-6-16-10/h2-6H,1H3. The van der Waals surface area contributed by atoms with E-state index >= 15 is 0 Å². The van der Waals surface area contributed by atoms with E-state index in [1.54, 1.807) is 11.3 Å². The van der Waals surface area contributed by atoms with Gasteiger partial charge in [0.05, 0.1) is 10.2 Å². The first-order valence-electron chi connectivity index (χ1n) is 5.31. The Morgan fingerprint density at radius 2 is 1.89 bits per heavy atom. The number of benzene rings is 1. The van der Waals surface area contributed by atoms with Gasteiger partial charge in [0.2, 0.25) is 0 Å². The molecule has 2 nitrogen and oxygen atoms in total. The normalized spacial score (nSPS) is 11.1. The molecular weight excluding hydrogens is 287 g/mol. The van der Waals surface area contributed by atoms with Gasteiger partial charge >= 0.3 is 0 Å². The van der Waals surface area contributed by atoms with Gasteiger partial charge in [0.15, 0.2) is 0 Å². The average Bonchev–Trinajstić information content (AvgIpc) is 2.73. The minimum Gasteiger partial charge on any atom is -0.235 e. The zero-order valence-corrected chi connectivity index (χ0v) is 11.8. The SMILES string of the molecule is Cc1cc(Cl)cc(-c2cc3ncnc(Cl)c3s2)c1. The second-order valence-corrected chi connectivity index (χ2v) is 5.85. The smallest absolute Gasteiger partial charge is 0.150 e. The zero-order chi connectivity index (χ0) is 12.7. The van der Waals surface area contributed by atoms with Gasteiger partial charge in [0.1, 0.15) is 11.5 Å². The number of rotatable bonds is 1. The molecule has 2 heterocycles. The molecule has 1 aromatic carbocycles. The summed E-state index contributed by atoms with van der Waals surface area (Å²) >= 11 is 13.7. The number of aromatic nitrogens is 2. The summed E-state index contributed by atoms with van der Waals surface area (Å²) in [5.41, 5.74) is 3.08. The molecule has 0 radical (unpaired) electrons. The maximum Gasteiger partial charge on any atom is 0.150 e. The van der Waals surface area contributed by atoms with Crippen LogP contribution in [0.2, 0.25) is 10.2 Å². The van der Waals surface area contributed by atoms with Crippen molar-refractivity contribution in [2.75, 3.05) is 0 Å². The predicted molar refractivity (Wildman–Crippen MR) is 77.6 cm³/mol. The number of aryl methyl sites for hydroxylation is 1. The molecule has 0 bridgehead atoms. The fourth-order valence-electron chi connectivity index (χ4n) is 1.85. The summed E-state index contributed by atoms with van der Waals surface area (Å²) in [6, 6.07) is 7.99. The molecule has 0 amide bonds. The van der Waals surface area contributed by atoms with Crippen LogP contribution in [0.4, 0.5) is 0 Å². The molecule has 0 atom stereocenters. The van der Waals surface area contributed by atoms with E-state index in [0.717, 1.165) is 31.2 Å². The largest absolute Gasteiger partial charge is 0.235 e. The van der Waals surface area contributed by atoms with E-state index in [2.05, 4.69) is 16.0 Å². The van der Waals surface area contributed by atoms with Crippen LogP contribution in [-0.2, 0) is 0 Å². The molecule has 5 heteroatoms. The molecule has 0 spiro atoms. The topological polar surface area (TPSA) is 25.8 Å². The van der Waals surface area contributed by atoms with Crippen molar-refractivity contribution in [3.05, 3.63) is 46.3 Å². The maximum absolute atomic E-state index is 6.08. The second kappa shape index (κ2) is 4.50. The summed E-state index contributed by atoms with van der Waals surface area (Å²) in [5.74, 6) is 0. The van der Waals surface area contributed by atoms with Crippen LogP contribution in [0.15, 0.2) is 30.6 Å². The Morgan fingerprint density at radius 3 is 2.61 bits per heavy atom. The van der Waals surface area contributed by atoms with E-state index in [-0.39, 0.29) is 0 Å². The van der Waals surface area contributed by atoms with Gasteiger partial charge in [-0.25, -0.2) is 9.97 Å². The van der Waals surface area contributed by atoms with Crippen LogP contribution in [0, 0.1) is 6.92 Å². The highest BCUT2D eigenvalue weighted by Gasteiger charge is 2.09. The van der Waals surface area contributed by atoms with E-state index in [4.69, 9.17) is 23.2 Å². The Hall–Kier alpha value is -1.16. The molecule has 0 fully saturated rings. The van der Waals surface area contributed by atoms with Crippen LogP contribution < -0.4 is 0 Å². The van der Waals surface area contributed by atoms with Gasteiger partial charge in [-0.1, -0.05) is 29.3 Å². The lowest BCUT2D eigenvalue weighted by molar-refractivity contribution is 1.23.